The smallest absolute Gasteiger partial charge is 0.337 e. The molecule has 0 unspecified atom stereocenters. The molecule has 1 aromatic heterocycles. The van der Waals surface area contributed by atoms with Crippen LogP contribution in [0.15, 0.2) is 24.3 Å². The molecule has 0 aliphatic rings. The second-order valence-electron chi connectivity index (χ2n) is 4.41. The quantitative estimate of drug-likeness (QED) is 0.749. The van der Waals surface area contributed by atoms with E-state index < -0.39 is 5.97 Å². The van der Waals surface area contributed by atoms with Gasteiger partial charge >= 0.3 is 5.97 Å². The van der Waals surface area contributed by atoms with Crippen LogP contribution in [-0.2, 0) is 6.54 Å². The van der Waals surface area contributed by atoms with Gasteiger partial charge < -0.3 is 16.2 Å². The molecule has 0 amide bonds. The summed E-state index contributed by atoms with van der Waals surface area (Å²) in [6.45, 7) is 4.91. The minimum Gasteiger partial charge on any atom is -0.478 e. The summed E-state index contributed by atoms with van der Waals surface area (Å²) >= 11 is 1.76. The van der Waals surface area contributed by atoms with Crippen LogP contribution in [0.1, 0.15) is 25.7 Å². The molecular formula is C14H16N2O2S. The Morgan fingerprint density at radius 2 is 2.11 bits per heavy atom. The Kier molecular flexibility index (Phi) is 3.76. The van der Waals surface area contributed by atoms with Crippen molar-refractivity contribution in [3.8, 4) is 0 Å². The van der Waals surface area contributed by atoms with Gasteiger partial charge in [0.15, 0.2) is 0 Å². The van der Waals surface area contributed by atoms with Crippen LogP contribution in [0.4, 0.5) is 11.4 Å². The predicted octanol–water partition coefficient (Wildman–Crippen LogP) is 3.26. The van der Waals surface area contributed by atoms with Crippen LogP contribution in [0.5, 0.6) is 0 Å². The van der Waals surface area contributed by atoms with Gasteiger partial charge in [-0.2, -0.15) is 0 Å². The minimum atomic E-state index is -1.01. The molecule has 0 saturated heterocycles. The number of nitrogens with one attached hydrogen (secondary N) is 1. The third kappa shape index (κ3) is 3.06. The number of nitrogen functional groups attached to an aromatic ring is 1. The molecule has 0 aliphatic heterocycles. The van der Waals surface area contributed by atoms with Crippen molar-refractivity contribution in [2.75, 3.05) is 11.1 Å². The summed E-state index contributed by atoms with van der Waals surface area (Å²) in [5.74, 6) is -1.01. The van der Waals surface area contributed by atoms with E-state index in [2.05, 4.69) is 25.2 Å². The second kappa shape index (κ2) is 5.32. The average molecular weight is 276 g/mol. The SMILES string of the molecule is Cc1cc(CNc2ccc(C(=O)O)c(N)c2)sc1C. The van der Waals surface area contributed by atoms with E-state index in [0.717, 1.165) is 5.69 Å². The summed E-state index contributed by atoms with van der Waals surface area (Å²) in [6.07, 6.45) is 0. The Morgan fingerprint density at radius 1 is 1.37 bits per heavy atom. The number of carboxylic acid groups (broad SMARTS) is 1. The lowest BCUT2D eigenvalue weighted by Gasteiger charge is -2.07. The first kappa shape index (κ1) is 13.4. The van der Waals surface area contributed by atoms with Gasteiger partial charge in [0.2, 0.25) is 0 Å². The lowest BCUT2D eigenvalue weighted by molar-refractivity contribution is 0.0698. The van der Waals surface area contributed by atoms with Gasteiger partial charge in [-0.15, -0.1) is 11.3 Å². The zero-order valence-corrected chi connectivity index (χ0v) is 11.7. The van der Waals surface area contributed by atoms with Crippen molar-refractivity contribution in [1.29, 1.82) is 0 Å². The maximum Gasteiger partial charge on any atom is 0.337 e. The Labute approximate surface area is 115 Å². The van der Waals surface area contributed by atoms with E-state index in [-0.39, 0.29) is 11.3 Å². The van der Waals surface area contributed by atoms with Crippen molar-refractivity contribution < 1.29 is 9.90 Å². The molecule has 4 N–H and O–H groups in total. The average Bonchev–Trinajstić information content (AvgIpc) is 2.66. The van der Waals surface area contributed by atoms with Crippen molar-refractivity contribution in [3.63, 3.8) is 0 Å². The van der Waals surface area contributed by atoms with Crippen molar-refractivity contribution >= 4 is 28.7 Å². The molecule has 2 rings (SSSR count). The number of carboxylic acids is 1. The molecule has 0 spiro atoms. The number of aromatic carboxylic acids is 1. The van der Waals surface area contributed by atoms with E-state index in [1.165, 1.54) is 21.4 Å². The molecule has 1 aromatic carbocycles. The van der Waals surface area contributed by atoms with Gasteiger partial charge in [0.25, 0.3) is 0 Å². The van der Waals surface area contributed by atoms with Gasteiger partial charge in [0, 0.05) is 27.7 Å². The number of carbonyl (C=O) groups is 1. The lowest BCUT2D eigenvalue weighted by atomic mass is 10.1. The predicted molar refractivity (Wildman–Crippen MR) is 78.9 cm³/mol. The minimum absolute atomic E-state index is 0.133. The molecule has 0 saturated carbocycles. The normalized spacial score (nSPS) is 10.4. The van der Waals surface area contributed by atoms with Gasteiger partial charge in [-0.1, -0.05) is 0 Å². The maximum absolute atomic E-state index is 10.9. The highest BCUT2D eigenvalue weighted by Gasteiger charge is 2.08. The van der Waals surface area contributed by atoms with Crippen LogP contribution in [0.25, 0.3) is 0 Å². The van der Waals surface area contributed by atoms with E-state index in [9.17, 15) is 4.79 Å². The first-order chi connectivity index (χ1) is 8.97. The molecule has 4 nitrogen and oxygen atoms in total. The van der Waals surface area contributed by atoms with Gasteiger partial charge in [0.1, 0.15) is 0 Å². The highest BCUT2D eigenvalue weighted by atomic mass is 32.1. The summed E-state index contributed by atoms with van der Waals surface area (Å²) in [5.41, 5.74) is 8.23. The molecular weight excluding hydrogens is 260 g/mol. The number of hydrogen-bond donors (Lipinski definition) is 3. The van der Waals surface area contributed by atoms with Gasteiger partial charge in [-0.3, -0.25) is 0 Å². The Morgan fingerprint density at radius 3 is 2.63 bits per heavy atom. The van der Waals surface area contributed by atoms with Crippen LogP contribution in [0.2, 0.25) is 0 Å². The summed E-state index contributed by atoms with van der Waals surface area (Å²) in [6, 6.07) is 7.05. The molecule has 2 aromatic rings. The molecule has 5 heteroatoms. The molecule has 100 valence electrons. The van der Waals surface area contributed by atoms with Crippen LogP contribution in [-0.4, -0.2) is 11.1 Å². The third-order valence-electron chi connectivity index (χ3n) is 2.97. The number of rotatable bonds is 4. The van der Waals surface area contributed by atoms with Crippen molar-refractivity contribution in [1.82, 2.24) is 0 Å². The summed E-state index contributed by atoms with van der Waals surface area (Å²) in [7, 11) is 0. The molecule has 1 heterocycles. The van der Waals surface area contributed by atoms with Crippen LogP contribution >= 0.6 is 11.3 Å². The molecule has 19 heavy (non-hydrogen) atoms. The highest BCUT2D eigenvalue weighted by Crippen LogP contribution is 2.23. The third-order valence-corrected chi connectivity index (χ3v) is 4.12. The fraction of sp³-hybridized carbons (Fsp3) is 0.214. The van der Waals surface area contributed by atoms with E-state index in [1.807, 2.05) is 0 Å². The number of anilines is 2. The Hall–Kier alpha value is -2.01. The standard InChI is InChI=1S/C14H16N2O2S/c1-8-5-11(19-9(8)2)7-16-10-3-4-12(14(17)18)13(15)6-10/h3-6,16H,7,15H2,1-2H3,(H,17,18). The summed E-state index contributed by atoms with van der Waals surface area (Å²) in [4.78, 5) is 13.4. The second-order valence-corrected chi connectivity index (χ2v) is 5.75. The summed E-state index contributed by atoms with van der Waals surface area (Å²) in [5, 5.41) is 12.1. The largest absolute Gasteiger partial charge is 0.478 e. The van der Waals surface area contributed by atoms with Crippen molar-refractivity contribution in [3.05, 3.63) is 45.1 Å². The van der Waals surface area contributed by atoms with Gasteiger partial charge in [0.05, 0.1) is 5.56 Å². The fourth-order valence-corrected chi connectivity index (χ4v) is 2.79. The Balaban J connectivity index is 2.08. The number of nitrogens with two attached hydrogens (primary N) is 1. The fourth-order valence-electron chi connectivity index (χ4n) is 1.79. The number of benzene rings is 1. The number of hydrogen-bond acceptors (Lipinski definition) is 4. The molecule has 0 radical (unpaired) electrons. The lowest BCUT2D eigenvalue weighted by Crippen LogP contribution is -2.04. The summed E-state index contributed by atoms with van der Waals surface area (Å²) < 4.78 is 0. The van der Waals surface area contributed by atoms with Crippen molar-refractivity contribution in [2.45, 2.75) is 20.4 Å². The first-order valence-electron chi connectivity index (χ1n) is 5.90. The van der Waals surface area contributed by atoms with Gasteiger partial charge in [-0.05, 0) is 43.7 Å². The molecule has 0 aliphatic carbocycles. The molecule has 0 atom stereocenters. The molecule has 0 fully saturated rings. The topological polar surface area (TPSA) is 75.3 Å². The Bertz CT molecular complexity index is 600. The van der Waals surface area contributed by atoms with Crippen LogP contribution < -0.4 is 11.1 Å². The van der Waals surface area contributed by atoms with E-state index in [0.29, 0.717) is 6.54 Å². The monoisotopic (exact) mass is 276 g/mol. The van der Waals surface area contributed by atoms with E-state index >= 15 is 0 Å². The van der Waals surface area contributed by atoms with Gasteiger partial charge in [-0.25, -0.2) is 4.79 Å². The number of aryl methyl sites for hydroxylation is 2. The number of thiophene rings is 1. The van der Waals surface area contributed by atoms with Crippen LogP contribution in [0.3, 0.4) is 0 Å². The van der Waals surface area contributed by atoms with Crippen LogP contribution in [0, 0.1) is 13.8 Å². The highest BCUT2D eigenvalue weighted by molar-refractivity contribution is 7.12. The van der Waals surface area contributed by atoms with E-state index in [1.54, 1.807) is 23.5 Å². The molecule has 0 bridgehead atoms. The zero-order chi connectivity index (χ0) is 14.0. The van der Waals surface area contributed by atoms with Crippen molar-refractivity contribution in [2.24, 2.45) is 0 Å². The maximum atomic E-state index is 10.9. The zero-order valence-electron chi connectivity index (χ0n) is 10.9. The van der Waals surface area contributed by atoms with E-state index in [4.69, 9.17) is 10.8 Å². The first-order valence-corrected chi connectivity index (χ1v) is 6.71.